The molecule has 0 fully saturated rings. The Kier molecular flexibility index (Phi) is 6.40. The minimum atomic E-state index is 0.0632. The van der Waals surface area contributed by atoms with Crippen LogP contribution < -0.4 is 9.47 Å². The number of hydrogen-bond donors (Lipinski definition) is 1. The number of β-amino-alcohol motifs (C(OH)–C–C–N with tert-alkyl or cyclic N) is 1. The molecular weight excluding hydrogens is 398 g/mol. The van der Waals surface area contributed by atoms with E-state index >= 15 is 0 Å². The Bertz CT molecular complexity index is 1050. The molecule has 0 bridgehead atoms. The van der Waals surface area contributed by atoms with Crippen LogP contribution >= 0.6 is 11.8 Å². The van der Waals surface area contributed by atoms with Crippen LogP contribution in [0.1, 0.15) is 19.4 Å². The number of hydrogen-bond acceptors (Lipinski definition) is 6. The molecule has 2 heterocycles. The van der Waals surface area contributed by atoms with E-state index in [9.17, 15) is 5.11 Å². The lowest BCUT2D eigenvalue weighted by molar-refractivity contribution is 0.247. The normalized spacial score (nSPS) is 14.8. The van der Waals surface area contributed by atoms with Gasteiger partial charge in [-0.3, -0.25) is 0 Å². The van der Waals surface area contributed by atoms with Gasteiger partial charge in [0.25, 0.3) is 0 Å². The van der Waals surface area contributed by atoms with E-state index in [4.69, 9.17) is 19.5 Å². The largest absolute Gasteiger partial charge is 0.494 e. The number of ether oxygens (including phenoxy) is 2. The molecule has 0 amide bonds. The smallest absolute Gasteiger partial charge is 0.171 e. The van der Waals surface area contributed by atoms with E-state index in [2.05, 4.69) is 11.0 Å². The zero-order chi connectivity index (χ0) is 20.9. The van der Waals surface area contributed by atoms with E-state index < -0.39 is 0 Å². The average molecular weight is 424 g/mol. The van der Waals surface area contributed by atoms with Crippen LogP contribution in [-0.4, -0.2) is 46.5 Å². The molecule has 0 atom stereocenters. The van der Waals surface area contributed by atoms with Crippen molar-refractivity contribution in [1.82, 2.24) is 9.88 Å². The van der Waals surface area contributed by atoms with E-state index in [1.54, 1.807) is 0 Å². The summed E-state index contributed by atoms with van der Waals surface area (Å²) in [6.45, 7) is 6.44. The zero-order valence-corrected chi connectivity index (χ0v) is 18.0. The van der Waals surface area contributed by atoms with Crippen molar-refractivity contribution in [2.45, 2.75) is 25.4 Å². The van der Waals surface area contributed by atoms with Gasteiger partial charge in [-0.1, -0.05) is 0 Å². The summed E-state index contributed by atoms with van der Waals surface area (Å²) >= 11 is 1.53. The van der Waals surface area contributed by atoms with Crippen LogP contribution in [0.5, 0.6) is 11.5 Å². The summed E-state index contributed by atoms with van der Waals surface area (Å²) < 4.78 is 11.1. The molecule has 30 heavy (non-hydrogen) atoms. The number of amidine groups is 1. The number of aliphatic hydroxyl groups excluding tert-OH is 1. The zero-order valence-electron chi connectivity index (χ0n) is 17.2. The summed E-state index contributed by atoms with van der Waals surface area (Å²) in [5.74, 6) is 1.68. The maximum absolute atomic E-state index is 9.56. The van der Waals surface area contributed by atoms with Crippen molar-refractivity contribution >= 4 is 33.5 Å². The first-order valence-electron chi connectivity index (χ1n) is 10.1. The Balaban J connectivity index is 1.66. The minimum absolute atomic E-state index is 0.0632. The number of benzene rings is 2. The van der Waals surface area contributed by atoms with Crippen molar-refractivity contribution < 1.29 is 14.6 Å². The van der Waals surface area contributed by atoms with Gasteiger partial charge in [0.1, 0.15) is 16.5 Å². The number of nitrogens with zero attached hydrogens (tertiary/aromatic N) is 3. The summed E-state index contributed by atoms with van der Waals surface area (Å²) in [6, 6.07) is 15.8. The summed E-state index contributed by atoms with van der Waals surface area (Å²) in [7, 11) is 0. The standard InChI is InChI=1S/C23H25N3O3S/c1-3-28-19-7-5-18(6-8-19)24-23-26(11-12-27)15-17-13-16-14-20(29-4-2)9-10-21(16)25-22(17)30-23/h5-10,13-14,27H,3-4,11-12,15H2,1-2H3. The lowest BCUT2D eigenvalue weighted by Crippen LogP contribution is -2.34. The highest BCUT2D eigenvalue weighted by Crippen LogP contribution is 2.35. The third-order valence-corrected chi connectivity index (χ3v) is 5.78. The quantitative estimate of drug-likeness (QED) is 0.598. The van der Waals surface area contributed by atoms with Crippen LogP contribution in [0, 0.1) is 0 Å². The summed E-state index contributed by atoms with van der Waals surface area (Å²) in [5.41, 5.74) is 2.90. The van der Waals surface area contributed by atoms with Crippen molar-refractivity contribution in [3.63, 3.8) is 0 Å². The van der Waals surface area contributed by atoms with Crippen molar-refractivity contribution in [2.24, 2.45) is 4.99 Å². The molecule has 0 radical (unpaired) electrons. The maximum atomic E-state index is 9.56. The number of pyridine rings is 1. The second kappa shape index (κ2) is 9.36. The predicted molar refractivity (Wildman–Crippen MR) is 121 cm³/mol. The molecule has 2 aromatic carbocycles. The van der Waals surface area contributed by atoms with Crippen LogP contribution in [0.15, 0.2) is 58.5 Å². The average Bonchev–Trinajstić information content (AvgIpc) is 2.75. The highest BCUT2D eigenvalue weighted by atomic mass is 32.2. The van der Waals surface area contributed by atoms with Crippen LogP contribution in [0.25, 0.3) is 10.9 Å². The summed E-state index contributed by atoms with van der Waals surface area (Å²) in [4.78, 5) is 11.8. The Morgan fingerprint density at radius 2 is 1.77 bits per heavy atom. The Labute approximate surface area is 180 Å². The second-order valence-electron chi connectivity index (χ2n) is 6.81. The molecule has 0 aliphatic carbocycles. The molecule has 0 unspecified atom stereocenters. The molecule has 0 saturated carbocycles. The van der Waals surface area contributed by atoms with Crippen LogP contribution in [-0.2, 0) is 6.54 Å². The van der Waals surface area contributed by atoms with E-state index in [-0.39, 0.29) is 6.61 Å². The Hall–Kier alpha value is -2.77. The fourth-order valence-electron chi connectivity index (χ4n) is 3.35. The van der Waals surface area contributed by atoms with Crippen LogP contribution in [0.3, 0.4) is 0 Å². The molecule has 0 saturated heterocycles. The highest BCUT2D eigenvalue weighted by molar-refractivity contribution is 8.13. The van der Waals surface area contributed by atoms with Crippen LogP contribution in [0.2, 0.25) is 0 Å². The first kappa shape index (κ1) is 20.5. The predicted octanol–water partition coefficient (Wildman–Crippen LogP) is 4.62. The van der Waals surface area contributed by atoms with Gasteiger partial charge in [0.05, 0.1) is 31.0 Å². The lowest BCUT2D eigenvalue weighted by atomic mass is 10.1. The Morgan fingerprint density at radius 3 is 2.50 bits per heavy atom. The van der Waals surface area contributed by atoms with E-state index in [1.165, 1.54) is 11.8 Å². The third-order valence-electron chi connectivity index (χ3n) is 4.70. The van der Waals surface area contributed by atoms with Gasteiger partial charge < -0.3 is 19.5 Å². The lowest BCUT2D eigenvalue weighted by Gasteiger charge is -2.30. The molecule has 1 N–H and O–H groups in total. The van der Waals surface area contributed by atoms with Crippen LogP contribution in [0.4, 0.5) is 5.69 Å². The van der Waals surface area contributed by atoms with Crippen molar-refractivity contribution in [1.29, 1.82) is 0 Å². The number of aliphatic hydroxyl groups is 1. The fourth-order valence-corrected chi connectivity index (χ4v) is 4.35. The molecule has 3 aromatic rings. The van der Waals surface area contributed by atoms with Crippen molar-refractivity contribution in [3.05, 3.63) is 54.1 Å². The van der Waals surface area contributed by atoms with Gasteiger partial charge in [-0.2, -0.15) is 0 Å². The van der Waals surface area contributed by atoms with Crippen molar-refractivity contribution in [3.8, 4) is 11.5 Å². The molecule has 1 aromatic heterocycles. The Morgan fingerprint density at radius 1 is 1.03 bits per heavy atom. The SMILES string of the molecule is CCOc1ccc(N=C2Sc3nc4ccc(OCC)cc4cc3CN2CCO)cc1. The first-order valence-corrected chi connectivity index (χ1v) is 10.9. The monoisotopic (exact) mass is 423 g/mol. The second-order valence-corrected chi connectivity index (χ2v) is 7.76. The summed E-state index contributed by atoms with van der Waals surface area (Å²) in [5, 5.41) is 12.4. The van der Waals surface area contributed by atoms with Gasteiger partial charge in [-0.15, -0.1) is 0 Å². The maximum Gasteiger partial charge on any atom is 0.171 e. The number of rotatable bonds is 7. The van der Waals surface area contributed by atoms with E-state index in [0.717, 1.165) is 43.8 Å². The molecule has 1 aliphatic rings. The van der Waals surface area contributed by atoms with Gasteiger partial charge in [0.15, 0.2) is 5.17 Å². The van der Waals surface area contributed by atoms with Gasteiger partial charge in [0.2, 0.25) is 0 Å². The molecule has 4 rings (SSSR count). The summed E-state index contributed by atoms with van der Waals surface area (Å²) in [6.07, 6.45) is 0. The van der Waals surface area contributed by atoms with E-state index in [1.807, 2.05) is 56.3 Å². The fraction of sp³-hybridized carbons (Fsp3) is 0.304. The van der Waals surface area contributed by atoms with Gasteiger partial charge in [-0.25, -0.2) is 9.98 Å². The molecule has 6 nitrogen and oxygen atoms in total. The van der Waals surface area contributed by atoms with Gasteiger partial charge in [0, 0.05) is 24.0 Å². The molecule has 7 heteroatoms. The molecule has 156 valence electrons. The van der Waals surface area contributed by atoms with Gasteiger partial charge in [-0.05, 0) is 74.1 Å². The molecule has 1 aliphatic heterocycles. The third kappa shape index (κ3) is 4.52. The van der Waals surface area contributed by atoms with Gasteiger partial charge >= 0.3 is 0 Å². The number of fused-ring (bicyclic) bond motifs is 2. The topological polar surface area (TPSA) is 67.2 Å². The first-order chi connectivity index (χ1) is 14.7. The minimum Gasteiger partial charge on any atom is -0.494 e. The molecule has 0 spiro atoms. The highest BCUT2D eigenvalue weighted by Gasteiger charge is 2.24. The van der Waals surface area contributed by atoms with E-state index in [0.29, 0.717) is 26.3 Å². The number of aromatic nitrogens is 1. The van der Waals surface area contributed by atoms with Crippen molar-refractivity contribution in [2.75, 3.05) is 26.4 Å². The number of thioether (sulfide) groups is 1. The number of aliphatic imine (C=N–C) groups is 1. The molecular formula is C23H25N3O3S.